The van der Waals surface area contributed by atoms with E-state index in [1.165, 1.54) is 31.4 Å². The van der Waals surface area contributed by atoms with Gasteiger partial charge in [0.15, 0.2) is 0 Å². The van der Waals surface area contributed by atoms with E-state index in [-0.39, 0.29) is 0 Å². The Balaban J connectivity index is 1.70. The quantitative estimate of drug-likeness (QED) is 0.851. The molecule has 1 aromatic rings. The summed E-state index contributed by atoms with van der Waals surface area (Å²) in [6.07, 6.45) is 7.70. The summed E-state index contributed by atoms with van der Waals surface area (Å²) in [6, 6.07) is 5.12. The van der Waals surface area contributed by atoms with Gasteiger partial charge in [0.2, 0.25) is 0 Å². The van der Waals surface area contributed by atoms with Crippen molar-refractivity contribution in [2.45, 2.75) is 72.5 Å². The Morgan fingerprint density at radius 1 is 1.35 bits per heavy atom. The van der Waals surface area contributed by atoms with Gasteiger partial charge < -0.3 is 9.88 Å². The summed E-state index contributed by atoms with van der Waals surface area (Å²) < 4.78 is 2.40. The smallest absolute Gasteiger partial charge is 0.0362 e. The minimum atomic E-state index is 0.454. The van der Waals surface area contributed by atoms with Crippen molar-refractivity contribution in [1.82, 2.24) is 9.88 Å². The highest BCUT2D eigenvalue weighted by Gasteiger charge is 2.58. The average molecular weight is 274 g/mol. The van der Waals surface area contributed by atoms with Gasteiger partial charge in [-0.1, -0.05) is 27.7 Å². The monoisotopic (exact) mass is 274 g/mol. The van der Waals surface area contributed by atoms with Crippen molar-refractivity contribution in [2.75, 3.05) is 0 Å². The SMILES string of the molecule is CCCn1cccc1CNC1C2(C)CCC(C2)C1(C)C. The first-order chi connectivity index (χ1) is 9.47. The van der Waals surface area contributed by atoms with Gasteiger partial charge in [0.25, 0.3) is 0 Å². The number of hydrogen-bond acceptors (Lipinski definition) is 1. The molecule has 1 heterocycles. The third-order valence-corrected chi connectivity index (χ3v) is 6.15. The summed E-state index contributed by atoms with van der Waals surface area (Å²) in [4.78, 5) is 0. The number of nitrogens with zero attached hydrogens (tertiary/aromatic N) is 1. The van der Waals surface area contributed by atoms with E-state index in [2.05, 4.69) is 55.9 Å². The molecule has 1 aromatic heterocycles. The summed E-state index contributed by atoms with van der Waals surface area (Å²) in [5.41, 5.74) is 2.42. The highest BCUT2D eigenvalue weighted by Crippen LogP contribution is 2.62. The van der Waals surface area contributed by atoms with Crippen LogP contribution in [0.3, 0.4) is 0 Å². The predicted molar refractivity (Wildman–Crippen MR) is 84.6 cm³/mol. The van der Waals surface area contributed by atoms with Crippen LogP contribution < -0.4 is 5.32 Å². The molecule has 112 valence electrons. The van der Waals surface area contributed by atoms with E-state index in [1.807, 2.05) is 0 Å². The lowest BCUT2D eigenvalue weighted by molar-refractivity contribution is 0.107. The molecule has 2 nitrogen and oxygen atoms in total. The molecule has 3 rings (SSSR count). The average Bonchev–Trinajstić information content (AvgIpc) is 3.01. The van der Waals surface area contributed by atoms with E-state index in [0.717, 1.165) is 19.0 Å². The standard InChI is InChI=1S/C18H30N2/c1-5-10-20-11-6-7-15(20)13-19-16-17(2,3)14-8-9-18(16,4)12-14/h6-7,11,14,16,19H,5,8-10,12-13H2,1-4H3. The summed E-state index contributed by atoms with van der Waals surface area (Å²) >= 11 is 0. The Labute approximate surface area is 123 Å². The van der Waals surface area contributed by atoms with E-state index in [1.54, 1.807) is 0 Å². The molecule has 0 aromatic carbocycles. The number of rotatable bonds is 5. The Hall–Kier alpha value is -0.760. The molecule has 0 saturated heterocycles. The van der Waals surface area contributed by atoms with Gasteiger partial charge in [-0.05, 0) is 54.6 Å². The van der Waals surface area contributed by atoms with Crippen LogP contribution in [0, 0.1) is 16.7 Å². The molecule has 2 fully saturated rings. The Morgan fingerprint density at radius 3 is 2.80 bits per heavy atom. The Morgan fingerprint density at radius 2 is 2.15 bits per heavy atom. The fourth-order valence-electron chi connectivity index (χ4n) is 5.09. The molecule has 2 aliphatic rings. The summed E-state index contributed by atoms with van der Waals surface area (Å²) in [7, 11) is 0. The van der Waals surface area contributed by atoms with Crippen LogP contribution in [-0.2, 0) is 13.1 Å². The zero-order valence-corrected chi connectivity index (χ0v) is 13.6. The van der Waals surface area contributed by atoms with Gasteiger partial charge in [-0.25, -0.2) is 0 Å². The maximum absolute atomic E-state index is 3.92. The van der Waals surface area contributed by atoms with Crippen molar-refractivity contribution in [3.63, 3.8) is 0 Å². The minimum absolute atomic E-state index is 0.454. The molecule has 1 N–H and O–H groups in total. The molecule has 2 aliphatic carbocycles. The number of aromatic nitrogens is 1. The van der Waals surface area contributed by atoms with Crippen molar-refractivity contribution < 1.29 is 0 Å². The van der Waals surface area contributed by atoms with Gasteiger partial charge in [-0.3, -0.25) is 0 Å². The lowest BCUT2D eigenvalue weighted by Gasteiger charge is -2.43. The molecular weight excluding hydrogens is 244 g/mol. The molecule has 2 heteroatoms. The molecule has 3 atom stereocenters. The van der Waals surface area contributed by atoms with Crippen molar-refractivity contribution in [3.05, 3.63) is 24.0 Å². The van der Waals surface area contributed by atoms with Crippen LogP contribution in [0.1, 0.15) is 59.1 Å². The van der Waals surface area contributed by atoms with E-state index >= 15 is 0 Å². The van der Waals surface area contributed by atoms with Crippen LogP contribution in [0.2, 0.25) is 0 Å². The predicted octanol–water partition coefficient (Wildman–Crippen LogP) is 4.20. The van der Waals surface area contributed by atoms with Crippen molar-refractivity contribution in [1.29, 1.82) is 0 Å². The van der Waals surface area contributed by atoms with Crippen LogP contribution in [0.5, 0.6) is 0 Å². The Kier molecular flexibility index (Phi) is 3.48. The largest absolute Gasteiger partial charge is 0.350 e. The van der Waals surface area contributed by atoms with Crippen LogP contribution in [0.4, 0.5) is 0 Å². The maximum atomic E-state index is 3.92. The van der Waals surface area contributed by atoms with Gasteiger partial charge in [-0.15, -0.1) is 0 Å². The van der Waals surface area contributed by atoms with E-state index < -0.39 is 0 Å². The third kappa shape index (κ3) is 2.13. The molecule has 0 amide bonds. The number of fused-ring (bicyclic) bond motifs is 2. The van der Waals surface area contributed by atoms with Gasteiger partial charge in [-0.2, -0.15) is 0 Å². The summed E-state index contributed by atoms with van der Waals surface area (Å²) in [5, 5.41) is 3.92. The molecule has 20 heavy (non-hydrogen) atoms. The highest BCUT2D eigenvalue weighted by atomic mass is 15.0. The van der Waals surface area contributed by atoms with Crippen molar-refractivity contribution >= 4 is 0 Å². The zero-order chi connectivity index (χ0) is 14.4. The van der Waals surface area contributed by atoms with Crippen LogP contribution in [0.25, 0.3) is 0 Å². The van der Waals surface area contributed by atoms with Crippen LogP contribution >= 0.6 is 0 Å². The first kappa shape index (κ1) is 14.2. The van der Waals surface area contributed by atoms with Gasteiger partial charge in [0.1, 0.15) is 0 Å². The fourth-order valence-corrected chi connectivity index (χ4v) is 5.09. The van der Waals surface area contributed by atoms with Crippen LogP contribution in [-0.4, -0.2) is 10.6 Å². The van der Waals surface area contributed by atoms with E-state index in [0.29, 0.717) is 16.9 Å². The molecule has 2 saturated carbocycles. The molecule has 0 aliphatic heterocycles. The molecule has 3 unspecified atom stereocenters. The summed E-state index contributed by atoms with van der Waals surface area (Å²) in [6.45, 7) is 11.9. The van der Waals surface area contributed by atoms with Gasteiger partial charge >= 0.3 is 0 Å². The highest BCUT2D eigenvalue weighted by molar-refractivity contribution is 5.14. The van der Waals surface area contributed by atoms with Crippen molar-refractivity contribution in [2.24, 2.45) is 16.7 Å². The first-order valence-corrected chi connectivity index (χ1v) is 8.35. The van der Waals surface area contributed by atoms with Crippen LogP contribution in [0.15, 0.2) is 18.3 Å². The zero-order valence-electron chi connectivity index (χ0n) is 13.6. The summed E-state index contributed by atoms with van der Waals surface area (Å²) in [5.74, 6) is 0.924. The van der Waals surface area contributed by atoms with Gasteiger partial charge in [0.05, 0.1) is 0 Å². The lowest BCUT2D eigenvalue weighted by Crippen LogP contribution is -2.50. The molecule has 0 spiro atoms. The lowest BCUT2D eigenvalue weighted by atomic mass is 9.68. The van der Waals surface area contributed by atoms with E-state index in [9.17, 15) is 0 Å². The maximum Gasteiger partial charge on any atom is 0.0362 e. The number of hydrogen-bond donors (Lipinski definition) is 1. The molecule has 2 bridgehead atoms. The second-order valence-electron chi connectivity index (χ2n) is 7.92. The normalized spacial score (nSPS) is 34.8. The fraction of sp³-hybridized carbons (Fsp3) is 0.778. The third-order valence-electron chi connectivity index (χ3n) is 6.15. The second-order valence-corrected chi connectivity index (χ2v) is 7.92. The Bertz CT molecular complexity index is 469. The van der Waals surface area contributed by atoms with Gasteiger partial charge in [0, 0.05) is 31.0 Å². The topological polar surface area (TPSA) is 17.0 Å². The molecular formula is C18H30N2. The number of nitrogens with one attached hydrogen (secondary N) is 1. The minimum Gasteiger partial charge on any atom is -0.350 e. The van der Waals surface area contributed by atoms with Crippen molar-refractivity contribution in [3.8, 4) is 0 Å². The second kappa shape index (κ2) is 4.91. The van der Waals surface area contributed by atoms with E-state index in [4.69, 9.17) is 0 Å². The number of aryl methyl sites for hydroxylation is 1. The molecule has 0 radical (unpaired) electrons. The first-order valence-electron chi connectivity index (χ1n) is 8.35.